The molecular formula is C17H15ClN6O4S. The van der Waals surface area contributed by atoms with E-state index >= 15 is 0 Å². The molecular weight excluding hydrogens is 420 g/mol. The van der Waals surface area contributed by atoms with E-state index in [4.69, 9.17) is 16.9 Å². The van der Waals surface area contributed by atoms with Gasteiger partial charge in [0.2, 0.25) is 5.91 Å². The Morgan fingerprint density at radius 3 is 2.66 bits per heavy atom. The van der Waals surface area contributed by atoms with E-state index in [1.54, 1.807) is 19.9 Å². The van der Waals surface area contributed by atoms with Crippen LogP contribution in [0.4, 0.5) is 10.5 Å². The van der Waals surface area contributed by atoms with Crippen LogP contribution in [0.15, 0.2) is 29.4 Å². The van der Waals surface area contributed by atoms with Gasteiger partial charge >= 0.3 is 6.03 Å². The van der Waals surface area contributed by atoms with Crippen LogP contribution in [0.3, 0.4) is 0 Å². The lowest BCUT2D eigenvalue weighted by molar-refractivity contribution is -0.121. The number of urea groups is 1. The fourth-order valence-corrected chi connectivity index (χ4v) is 4.67. The Morgan fingerprint density at radius 1 is 1.38 bits per heavy atom. The molecule has 2 heterocycles. The normalized spacial score (nSPS) is 15.7. The number of nitrogens with zero attached hydrogens (tertiary/aromatic N) is 4. The highest BCUT2D eigenvalue weighted by Gasteiger charge is 2.40. The van der Waals surface area contributed by atoms with Crippen LogP contribution >= 0.6 is 11.6 Å². The van der Waals surface area contributed by atoms with Crippen LogP contribution in [-0.4, -0.2) is 41.2 Å². The minimum absolute atomic E-state index is 0.0211. The van der Waals surface area contributed by atoms with Crippen LogP contribution in [0.1, 0.15) is 29.9 Å². The number of anilines is 1. The van der Waals surface area contributed by atoms with Gasteiger partial charge in [0.15, 0.2) is 0 Å². The average Bonchev–Trinajstić information content (AvgIpc) is 2.67. The molecule has 0 fully saturated rings. The van der Waals surface area contributed by atoms with E-state index in [-0.39, 0.29) is 27.0 Å². The molecule has 1 aromatic heterocycles. The molecule has 29 heavy (non-hydrogen) atoms. The fourth-order valence-electron chi connectivity index (χ4n) is 2.66. The van der Waals surface area contributed by atoms with Gasteiger partial charge in [0.25, 0.3) is 10.0 Å². The van der Waals surface area contributed by atoms with E-state index in [0.29, 0.717) is 9.87 Å². The zero-order chi connectivity index (χ0) is 21.3. The largest absolute Gasteiger partial charge is 0.345 e. The van der Waals surface area contributed by atoms with E-state index in [9.17, 15) is 18.0 Å². The van der Waals surface area contributed by atoms with Gasteiger partial charge in [-0.15, -0.1) is 0 Å². The van der Waals surface area contributed by atoms with Crippen molar-refractivity contribution in [2.75, 3.05) is 11.9 Å². The summed E-state index contributed by atoms with van der Waals surface area (Å²) in [6, 6.07) is 3.26. The number of sulfonamides is 1. The summed E-state index contributed by atoms with van der Waals surface area (Å²) in [5.74, 6) is -0.510. The predicted octanol–water partition coefficient (Wildman–Crippen LogP) is 1.72. The highest BCUT2D eigenvalue weighted by Crippen LogP contribution is 2.37. The lowest BCUT2D eigenvalue weighted by Gasteiger charge is -2.29. The molecule has 10 nitrogen and oxygen atoms in total. The summed E-state index contributed by atoms with van der Waals surface area (Å²) in [6.45, 7) is 2.46. The second-order valence-corrected chi connectivity index (χ2v) is 8.42. The van der Waals surface area contributed by atoms with Crippen molar-refractivity contribution in [2.24, 2.45) is 0 Å². The third kappa shape index (κ3) is 3.85. The molecule has 0 saturated carbocycles. The van der Waals surface area contributed by atoms with Gasteiger partial charge in [-0.2, -0.15) is 5.26 Å². The molecule has 0 unspecified atom stereocenters. The van der Waals surface area contributed by atoms with E-state index in [1.807, 2.05) is 6.07 Å². The molecule has 3 amide bonds. The SMILES string of the molecule is Cc1ccc2c(c1Cl)S(=O)(=O)N(CC(=O)N[C@@H](C)c1ncc(C#N)cn1)C(=O)N2. The van der Waals surface area contributed by atoms with Crippen molar-refractivity contribution in [3.8, 4) is 6.07 Å². The van der Waals surface area contributed by atoms with Crippen LogP contribution in [-0.2, 0) is 14.8 Å². The Hall–Kier alpha value is -3.23. The summed E-state index contributed by atoms with van der Waals surface area (Å²) in [5, 5.41) is 13.7. The van der Waals surface area contributed by atoms with Gasteiger partial charge < -0.3 is 10.6 Å². The minimum atomic E-state index is -4.33. The van der Waals surface area contributed by atoms with E-state index < -0.39 is 34.5 Å². The summed E-state index contributed by atoms with van der Waals surface area (Å²) >= 11 is 6.14. The number of carbonyl (C=O) groups is 2. The number of nitrogens with one attached hydrogen (secondary N) is 2. The predicted molar refractivity (Wildman–Crippen MR) is 102 cm³/mol. The van der Waals surface area contributed by atoms with Gasteiger partial charge in [-0.1, -0.05) is 17.7 Å². The number of fused-ring (bicyclic) bond motifs is 1. The maximum Gasteiger partial charge on any atom is 0.336 e. The second kappa shape index (κ2) is 7.65. The maximum atomic E-state index is 12.9. The zero-order valence-corrected chi connectivity index (χ0v) is 16.9. The number of hydrogen-bond donors (Lipinski definition) is 2. The highest BCUT2D eigenvalue weighted by molar-refractivity contribution is 7.90. The van der Waals surface area contributed by atoms with Crippen LogP contribution in [0, 0.1) is 18.3 Å². The van der Waals surface area contributed by atoms with Crippen molar-refractivity contribution in [3.63, 3.8) is 0 Å². The highest BCUT2D eigenvalue weighted by atomic mass is 35.5. The van der Waals surface area contributed by atoms with Gasteiger partial charge in [-0.05, 0) is 25.5 Å². The first-order chi connectivity index (χ1) is 13.6. The van der Waals surface area contributed by atoms with Gasteiger partial charge in [0.1, 0.15) is 23.3 Å². The summed E-state index contributed by atoms with van der Waals surface area (Å²) in [5.41, 5.74) is 0.830. The van der Waals surface area contributed by atoms with Crippen molar-refractivity contribution >= 4 is 39.2 Å². The van der Waals surface area contributed by atoms with Gasteiger partial charge in [0, 0.05) is 12.4 Å². The number of rotatable bonds is 4. The Balaban J connectivity index is 1.80. The van der Waals surface area contributed by atoms with E-state index in [2.05, 4.69) is 20.6 Å². The Kier molecular flexibility index (Phi) is 5.41. The number of aromatic nitrogens is 2. The van der Waals surface area contributed by atoms with Crippen molar-refractivity contribution in [1.82, 2.24) is 19.6 Å². The molecule has 0 spiro atoms. The van der Waals surface area contributed by atoms with Crippen molar-refractivity contribution in [3.05, 3.63) is 46.5 Å². The van der Waals surface area contributed by atoms with Gasteiger partial charge in [-0.25, -0.2) is 27.5 Å². The monoisotopic (exact) mass is 434 g/mol. The minimum Gasteiger partial charge on any atom is -0.345 e. The van der Waals surface area contributed by atoms with Crippen LogP contribution in [0.2, 0.25) is 5.02 Å². The number of carbonyl (C=O) groups excluding carboxylic acids is 2. The Bertz CT molecular complexity index is 1140. The van der Waals surface area contributed by atoms with Crippen LogP contribution in [0.25, 0.3) is 0 Å². The molecule has 2 N–H and O–H groups in total. The van der Waals surface area contributed by atoms with Gasteiger partial charge in [0.05, 0.1) is 22.3 Å². The second-order valence-electron chi connectivity index (χ2n) is 6.25. The fraction of sp³-hybridized carbons (Fsp3) is 0.235. The molecule has 1 aliphatic heterocycles. The summed E-state index contributed by atoms with van der Waals surface area (Å²) in [6.07, 6.45) is 2.60. The average molecular weight is 435 g/mol. The van der Waals surface area contributed by atoms with Crippen molar-refractivity contribution in [2.45, 2.75) is 24.8 Å². The molecule has 150 valence electrons. The van der Waals surface area contributed by atoms with Crippen molar-refractivity contribution in [1.29, 1.82) is 5.26 Å². The molecule has 1 aromatic carbocycles. The summed E-state index contributed by atoms with van der Waals surface area (Å²) in [4.78, 5) is 32.3. The number of halogens is 1. The third-order valence-electron chi connectivity index (χ3n) is 4.16. The van der Waals surface area contributed by atoms with E-state index in [1.165, 1.54) is 18.5 Å². The molecule has 12 heteroatoms. The molecule has 1 aliphatic rings. The van der Waals surface area contributed by atoms with Crippen LogP contribution < -0.4 is 10.6 Å². The number of nitriles is 1. The summed E-state index contributed by atoms with van der Waals surface area (Å²) < 4.78 is 26.2. The number of benzene rings is 1. The molecule has 0 radical (unpaired) electrons. The molecule has 0 aliphatic carbocycles. The maximum absolute atomic E-state index is 12.9. The molecule has 0 bridgehead atoms. The van der Waals surface area contributed by atoms with E-state index in [0.717, 1.165) is 0 Å². The topological polar surface area (TPSA) is 145 Å². The van der Waals surface area contributed by atoms with Crippen LogP contribution in [0.5, 0.6) is 0 Å². The number of aryl methyl sites for hydroxylation is 1. The molecule has 2 aromatic rings. The summed E-state index contributed by atoms with van der Waals surface area (Å²) in [7, 11) is -4.33. The lowest BCUT2D eigenvalue weighted by Crippen LogP contribution is -2.49. The quantitative estimate of drug-likeness (QED) is 0.744. The van der Waals surface area contributed by atoms with Crippen molar-refractivity contribution < 1.29 is 18.0 Å². The number of hydrogen-bond acceptors (Lipinski definition) is 7. The zero-order valence-electron chi connectivity index (χ0n) is 15.3. The Labute approximate surface area is 171 Å². The Morgan fingerprint density at radius 2 is 2.03 bits per heavy atom. The van der Waals surface area contributed by atoms with Gasteiger partial charge in [-0.3, -0.25) is 4.79 Å². The number of amides is 3. The smallest absolute Gasteiger partial charge is 0.336 e. The first kappa shape index (κ1) is 20.5. The molecule has 1 atom stereocenters. The molecule has 0 saturated heterocycles. The molecule has 3 rings (SSSR count). The standard InChI is InChI=1S/C17H15ClN6O4S/c1-9-3-4-12-15(14(9)18)29(27,28)24(17(26)23-12)8-13(25)22-10(2)16-20-6-11(5-19)7-21-16/h3-4,6-7,10H,8H2,1-2H3,(H,22,25)(H,23,26)/t10-/m0/s1. The third-order valence-corrected chi connectivity index (χ3v) is 6.57. The first-order valence-corrected chi connectivity index (χ1v) is 10.1. The lowest BCUT2D eigenvalue weighted by atomic mass is 10.2. The first-order valence-electron chi connectivity index (χ1n) is 8.29.